The van der Waals surface area contributed by atoms with Crippen LogP contribution in [0.1, 0.15) is 12.8 Å². The summed E-state index contributed by atoms with van der Waals surface area (Å²) in [6.07, 6.45) is 1.24. The number of para-hydroxylation sites is 1. The highest BCUT2D eigenvalue weighted by Gasteiger charge is 2.20. The zero-order valence-electron chi connectivity index (χ0n) is 15.2. The Balaban J connectivity index is 1.39. The van der Waals surface area contributed by atoms with Crippen LogP contribution in [0.3, 0.4) is 0 Å². The lowest BCUT2D eigenvalue weighted by Crippen LogP contribution is -2.41. The van der Waals surface area contributed by atoms with Crippen LogP contribution in [-0.4, -0.2) is 42.2 Å². The number of hydrogen-bond donors (Lipinski definition) is 2. The van der Waals surface area contributed by atoms with Crippen molar-refractivity contribution >= 4 is 45.0 Å². The Morgan fingerprint density at radius 1 is 1.00 bits per heavy atom. The van der Waals surface area contributed by atoms with E-state index in [0.717, 1.165) is 15.9 Å². The third-order valence-electron chi connectivity index (χ3n) is 4.15. The van der Waals surface area contributed by atoms with Gasteiger partial charge in [-0.25, -0.2) is 4.79 Å². The van der Waals surface area contributed by atoms with E-state index in [1.807, 2.05) is 42.5 Å². The van der Waals surface area contributed by atoms with Crippen molar-refractivity contribution in [2.45, 2.75) is 12.8 Å². The molecule has 0 spiro atoms. The number of anilines is 2. The highest BCUT2D eigenvalue weighted by Crippen LogP contribution is 2.15. The van der Waals surface area contributed by atoms with Crippen molar-refractivity contribution in [1.82, 2.24) is 4.90 Å². The number of urea groups is 1. The van der Waals surface area contributed by atoms with Crippen LogP contribution in [0.2, 0.25) is 0 Å². The zero-order chi connectivity index (χ0) is 19.8. The Labute approximate surface area is 171 Å². The summed E-state index contributed by atoms with van der Waals surface area (Å²) in [5.74, 6) is -0.276. The molecule has 0 aliphatic carbocycles. The first-order chi connectivity index (χ1) is 13.6. The van der Waals surface area contributed by atoms with Crippen LogP contribution >= 0.6 is 15.9 Å². The molecule has 1 aliphatic heterocycles. The van der Waals surface area contributed by atoms with Gasteiger partial charge in [0, 0.05) is 41.8 Å². The van der Waals surface area contributed by atoms with E-state index in [4.69, 9.17) is 4.84 Å². The molecule has 1 saturated heterocycles. The molecule has 2 N–H and O–H groups in total. The van der Waals surface area contributed by atoms with E-state index in [1.165, 1.54) is 0 Å². The van der Waals surface area contributed by atoms with E-state index in [1.54, 1.807) is 17.0 Å². The van der Waals surface area contributed by atoms with Crippen molar-refractivity contribution in [3.05, 3.63) is 59.1 Å². The molecule has 1 aliphatic rings. The largest absolute Gasteiger partial charge is 0.386 e. The van der Waals surface area contributed by atoms with Crippen molar-refractivity contribution in [3.8, 4) is 0 Å². The van der Waals surface area contributed by atoms with Crippen molar-refractivity contribution < 1.29 is 14.4 Å². The summed E-state index contributed by atoms with van der Waals surface area (Å²) in [7, 11) is 0. The van der Waals surface area contributed by atoms with Gasteiger partial charge in [-0.1, -0.05) is 45.4 Å². The second kappa shape index (κ2) is 9.89. The van der Waals surface area contributed by atoms with Gasteiger partial charge in [-0.3, -0.25) is 4.79 Å². The maximum Gasteiger partial charge on any atom is 0.321 e. The Hall–Kier alpha value is -2.87. The topological polar surface area (TPSA) is 83.0 Å². The number of benzene rings is 2. The van der Waals surface area contributed by atoms with E-state index in [2.05, 4.69) is 31.7 Å². The van der Waals surface area contributed by atoms with Gasteiger partial charge >= 0.3 is 6.03 Å². The summed E-state index contributed by atoms with van der Waals surface area (Å²) in [6, 6.07) is 16.5. The molecule has 7 nitrogen and oxygen atoms in total. The maximum atomic E-state index is 12.3. The zero-order valence-corrected chi connectivity index (χ0v) is 16.8. The first kappa shape index (κ1) is 19.9. The molecule has 0 bridgehead atoms. The van der Waals surface area contributed by atoms with Crippen LogP contribution in [0.15, 0.2) is 64.2 Å². The molecule has 8 heteroatoms. The van der Waals surface area contributed by atoms with Crippen LogP contribution in [0.4, 0.5) is 16.2 Å². The lowest BCUT2D eigenvalue weighted by atomic mass is 10.1. The van der Waals surface area contributed by atoms with Gasteiger partial charge in [-0.2, -0.15) is 0 Å². The first-order valence-corrected chi connectivity index (χ1v) is 9.73. The van der Waals surface area contributed by atoms with Crippen LogP contribution in [-0.2, 0) is 9.63 Å². The molecule has 146 valence electrons. The highest BCUT2D eigenvalue weighted by atomic mass is 79.9. The Bertz CT molecular complexity index is 848. The van der Waals surface area contributed by atoms with Crippen molar-refractivity contribution in [3.63, 3.8) is 0 Å². The van der Waals surface area contributed by atoms with Crippen LogP contribution < -0.4 is 10.6 Å². The Morgan fingerprint density at radius 2 is 1.71 bits per heavy atom. The molecule has 0 aromatic heterocycles. The molecule has 3 rings (SSSR count). The normalized spacial score (nSPS) is 13.6. The van der Waals surface area contributed by atoms with Crippen molar-refractivity contribution in [1.29, 1.82) is 0 Å². The summed E-state index contributed by atoms with van der Waals surface area (Å²) >= 11 is 3.35. The monoisotopic (exact) mass is 444 g/mol. The molecule has 2 aromatic carbocycles. The summed E-state index contributed by atoms with van der Waals surface area (Å²) < 4.78 is 0.884. The standard InChI is InChI=1S/C20H21BrN4O3/c21-15-5-4-8-18(13-15)22-19(26)14-28-24-17-9-11-25(12-10-17)20(27)23-16-6-2-1-3-7-16/h1-8,13H,9-12,14H2,(H,22,26)(H,23,27). The lowest BCUT2D eigenvalue weighted by molar-refractivity contribution is -0.120. The number of nitrogens with zero attached hydrogens (tertiary/aromatic N) is 2. The first-order valence-electron chi connectivity index (χ1n) is 8.94. The van der Waals surface area contributed by atoms with Crippen LogP contribution in [0.5, 0.6) is 0 Å². The number of oxime groups is 1. The van der Waals surface area contributed by atoms with Crippen molar-refractivity contribution in [2.24, 2.45) is 5.16 Å². The molecule has 0 saturated carbocycles. The number of piperidine rings is 1. The third-order valence-corrected chi connectivity index (χ3v) is 4.64. The smallest absolute Gasteiger partial charge is 0.321 e. The lowest BCUT2D eigenvalue weighted by Gasteiger charge is -2.27. The van der Waals surface area contributed by atoms with E-state index in [0.29, 0.717) is 31.6 Å². The number of carbonyl (C=O) groups is 2. The molecule has 1 heterocycles. The number of carbonyl (C=O) groups excluding carboxylic acids is 2. The van der Waals surface area contributed by atoms with Crippen LogP contribution in [0, 0.1) is 0 Å². The third kappa shape index (κ3) is 6.09. The number of halogens is 1. The molecule has 3 amide bonds. The number of nitrogens with one attached hydrogen (secondary N) is 2. The van der Waals surface area contributed by atoms with Gasteiger partial charge in [0.25, 0.3) is 5.91 Å². The molecular formula is C20H21BrN4O3. The van der Waals surface area contributed by atoms with E-state index >= 15 is 0 Å². The fraction of sp³-hybridized carbons (Fsp3) is 0.250. The van der Waals surface area contributed by atoms with Gasteiger partial charge in [0.05, 0.1) is 5.71 Å². The molecule has 1 fully saturated rings. The molecule has 0 radical (unpaired) electrons. The summed E-state index contributed by atoms with van der Waals surface area (Å²) in [5, 5.41) is 9.66. The maximum absolute atomic E-state index is 12.3. The summed E-state index contributed by atoms with van der Waals surface area (Å²) in [6.45, 7) is 0.963. The van der Waals surface area contributed by atoms with E-state index in [-0.39, 0.29) is 18.5 Å². The molecule has 0 atom stereocenters. The number of hydrogen-bond acceptors (Lipinski definition) is 4. The summed E-state index contributed by atoms with van der Waals surface area (Å²) in [4.78, 5) is 31.1. The van der Waals surface area contributed by atoms with Gasteiger partial charge in [-0.05, 0) is 30.3 Å². The minimum atomic E-state index is -0.276. The SMILES string of the molecule is O=C(CON=C1CCN(C(=O)Nc2ccccc2)CC1)Nc1cccc(Br)c1. The van der Waals surface area contributed by atoms with Crippen LogP contribution in [0.25, 0.3) is 0 Å². The minimum Gasteiger partial charge on any atom is -0.386 e. The fourth-order valence-corrected chi connectivity index (χ4v) is 3.13. The molecule has 2 aromatic rings. The average molecular weight is 445 g/mol. The Morgan fingerprint density at radius 3 is 2.43 bits per heavy atom. The van der Waals surface area contributed by atoms with Gasteiger partial charge < -0.3 is 20.4 Å². The minimum absolute atomic E-state index is 0.125. The van der Waals surface area contributed by atoms with Crippen molar-refractivity contribution in [2.75, 3.05) is 30.3 Å². The fourth-order valence-electron chi connectivity index (χ4n) is 2.73. The number of likely N-dealkylation sites (tertiary alicyclic amines) is 1. The summed E-state index contributed by atoms with van der Waals surface area (Å²) in [5.41, 5.74) is 2.30. The van der Waals surface area contributed by atoms with Gasteiger partial charge in [0.15, 0.2) is 6.61 Å². The number of rotatable bonds is 5. The second-order valence-electron chi connectivity index (χ2n) is 6.27. The molecular weight excluding hydrogens is 424 g/mol. The average Bonchev–Trinajstić information content (AvgIpc) is 2.69. The van der Waals surface area contributed by atoms with E-state index < -0.39 is 0 Å². The van der Waals surface area contributed by atoms with E-state index in [9.17, 15) is 9.59 Å². The van der Waals surface area contributed by atoms with Gasteiger partial charge in [0.2, 0.25) is 0 Å². The highest BCUT2D eigenvalue weighted by molar-refractivity contribution is 9.10. The predicted molar refractivity (Wildman–Crippen MR) is 112 cm³/mol. The second-order valence-corrected chi connectivity index (χ2v) is 7.19. The van der Waals surface area contributed by atoms with Gasteiger partial charge in [-0.15, -0.1) is 0 Å². The molecule has 28 heavy (non-hydrogen) atoms. The molecule has 0 unspecified atom stereocenters. The predicted octanol–water partition coefficient (Wildman–Crippen LogP) is 4.09. The number of amides is 3. The van der Waals surface area contributed by atoms with Gasteiger partial charge in [0.1, 0.15) is 0 Å². The quantitative estimate of drug-likeness (QED) is 0.681. The Kier molecular flexibility index (Phi) is 7.02.